The summed E-state index contributed by atoms with van der Waals surface area (Å²) in [7, 11) is 0. The van der Waals surface area contributed by atoms with Crippen LogP contribution in [0.15, 0.2) is 24.3 Å². The molecule has 4 N–H and O–H groups in total. The first-order valence-corrected chi connectivity index (χ1v) is 9.12. The minimum Gasteiger partial charge on any atom is -0.473 e. The minimum absolute atomic E-state index is 0.0431. The molecule has 1 aliphatic carbocycles. The predicted octanol–water partition coefficient (Wildman–Crippen LogP) is 0.827. The second kappa shape index (κ2) is 10.0. The third-order valence-corrected chi connectivity index (χ3v) is 4.05. The lowest BCUT2D eigenvalue weighted by molar-refractivity contribution is -0.160. The van der Waals surface area contributed by atoms with Gasteiger partial charge in [0.2, 0.25) is 5.91 Å². The van der Waals surface area contributed by atoms with Gasteiger partial charge in [-0.25, -0.2) is 9.59 Å². The van der Waals surface area contributed by atoms with Gasteiger partial charge in [-0.3, -0.25) is 9.59 Å². The molecule has 0 bridgehead atoms. The van der Waals surface area contributed by atoms with E-state index in [0.717, 1.165) is 12.8 Å². The number of carboxylic acids is 2. The average Bonchev–Trinajstić information content (AvgIpc) is 3.01. The van der Waals surface area contributed by atoms with Gasteiger partial charge < -0.3 is 25.6 Å². The van der Waals surface area contributed by atoms with Crippen molar-refractivity contribution in [3.8, 4) is 0 Å². The second-order valence-corrected chi connectivity index (χ2v) is 7.78. The second-order valence-electron chi connectivity index (χ2n) is 7.78. The monoisotopic (exact) mass is 408 g/mol. The maximum Gasteiger partial charge on any atom is 0.414 e. The Morgan fingerprint density at radius 2 is 1.55 bits per heavy atom. The predicted molar refractivity (Wildman–Crippen MR) is 104 cm³/mol. The van der Waals surface area contributed by atoms with Gasteiger partial charge in [-0.2, -0.15) is 0 Å². The highest BCUT2D eigenvalue weighted by molar-refractivity contribution is 6.27. The first kappa shape index (κ1) is 24.1. The van der Waals surface area contributed by atoms with Gasteiger partial charge in [0.1, 0.15) is 12.1 Å². The molecule has 1 aromatic carbocycles. The summed E-state index contributed by atoms with van der Waals surface area (Å²) in [6.07, 6.45) is 1.49. The average molecular weight is 408 g/mol. The number of carboxylic acid groups (broad SMARTS) is 2. The minimum atomic E-state index is -1.82. The van der Waals surface area contributed by atoms with E-state index >= 15 is 0 Å². The van der Waals surface area contributed by atoms with Crippen molar-refractivity contribution >= 4 is 23.8 Å². The topological polar surface area (TPSA) is 147 Å². The fourth-order valence-electron chi connectivity index (χ4n) is 2.92. The van der Waals surface area contributed by atoms with Crippen molar-refractivity contribution in [3.05, 3.63) is 35.4 Å². The van der Waals surface area contributed by atoms with Crippen LogP contribution in [0.4, 0.5) is 0 Å². The molecule has 0 aromatic heterocycles. The smallest absolute Gasteiger partial charge is 0.414 e. The van der Waals surface area contributed by atoms with Crippen molar-refractivity contribution in [2.75, 3.05) is 6.54 Å². The number of carbonyl (C=O) groups excluding carboxylic acids is 2. The summed E-state index contributed by atoms with van der Waals surface area (Å²) in [4.78, 5) is 44.4. The van der Waals surface area contributed by atoms with Crippen LogP contribution < -0.4 is 5.73 Å². The molecule has 1 aliphatic rings. The number of nitrogens with zero attached hydrogens (tertiary/aromatic N) is 1. The Balaban J connectivity index is 0.000000612. The Labute approximate surface area is 169 Å². The van der Waals surface area contributed by atoms with E-state index in [0.29, 0.717) is 0 Å². The number of hydrogen-bond acceptors (Lipinski definition) is 6. The number of benzene rings is 1. The van der Waals surface area contributed by atoms with Gasteiger partial charge >= 0.3 is 17.9 Å². The van der Waals surface area contributed by atoms with Crippen LogP contribution in [-0.4, -0.2) is 63.2 Å². The van der Waals surface area contributed by atoms with Crippen LogP contribution in [-0.2, 0) is 36.8 Å². The molecule has 29 heavy (non-hydrogen) atoms. The lowest BCUT2D eigenvalue weighted by Gasteiger charge is -2.31. The van der Waals surface area contributed by atoms with Gasteiger partial charge in [-0.05, 0) is 51.7 Å². The van der Waals surface area contributed by atoms with Crippen LogP contribution in [0.25, 0.3) is 0 Å². The maximum absolute atomic E-state index is 12.5. The Bertz CT molecular complexity index is 731. The van der Waals surface area contributed by atoms with Gasteiger partial charge in [0, 0.05) is 6.04 Å². The molecule has 160 valence electrons. The van der Waals surface area contributed by atoms with E-state index in [1.807, 2.05) is 32.9 Å². The number of ether oxygens (including phenoxy) is 1. The zero-order valence-electron chi connectivity index (χ0n) is 17.0. The molecule has 1 amide bonds. The molecular weight excluding hydrogens is 380 g/mol. The molecule has 0 aliphatic heterocycles. The van der Waals surface area contributed by atoms with Gasteiger partial charge in [0.25, 0.3) is 0 Å². The van der Waals surface area contributed by atoms with E-state index < -0.39 is 29.6 Å². The fourth-order valence-corrected chi connectivity index (χ4v) is 2.92. The molecule has 0 saturated heterocycles. The number of carbonyl (C=O) groups is 4. The number of hydrogen-bond donors (Lipinski definition) is 3. The Kier molecular flexibility index (Phi) is 8.32. The van der Waals surface area contributed by atoms with Gasteiger partial charge in [0.05, 0.1) is 6.04 Å². The summed E-state index contributed by atoms with van der Waals surface area (Å²) in [6.45, 7) is 7.03. The van der Waals surface area contributed by atoms with E-state index in [4.69, 9.17) is 30.3 Å². The molecule has 9 heteroatoms. The Morgan fingerprint density at radius 1 is 1.10 bits per heavy atom. The maximum atomic E-state index is 12.5. The molecule has 9 nitrogen and oxygen atoms in total. The lowest BCUT2D eigenvalue weighted by atomic mass is 10.1. The quantitative estimate of drug-likeness (QED) is 0.490. The summed E-state index contributed by atoms with van der Waals surface area (Å²) in [5.41, 5.74) is 7.65. The van der Waals surface area contributed by atoms with Crippen LogP contribution in [0.3, 0.4) is 0 Å². The van der Waals surface area contributed by atoms with Crippen molar-refractivity contribution in [1.82, 2.24) is 4.90 Å². The van der Waals surface area contributed by atoms with Gasteiger partial charge in [-0.1, -0.05) is 24.3 Å². The number of esters is 1. The molecule has 1 aromatic rings. The summed E-state index contributed by atoms with van der Waals surface area (Å²) >= 11 is 0. The van der Waals surface area contributed by atoms with E-state index in [1.54, 1.807) is 11.8 Å². The number of aliphatic carboxylic acids is 2. The van der Waals surface area contributed by atoms with E-state index in [2.05, 4.69) is 12.1 Å². The summed E-state index contributed by atoms with van der Waals surface area (Å²) in [5, 5.41) is 14.8. The van der Waals surface area contributed by atoms with E-state index in [9.17, 15) is 9.59 Å². The number of rotatable bonds is 4. The van der Waals surface area contributed by atoms with Crippen LogP contribution in [0.5, 0.6) is 0 Å². The van der Waals surface area contributed by atoms with Crippen molar-refractivity contribution in [2.24, 2.45) is 5.73 Å². The number of fused-ring (bicyclic) bond motifs is 1. The first-order valence-electron chi connectivity index (χ1n) is 9.12. The molecule has 0 saturated carbocycles. The van der Waals surface area contributed by atoms with Crippen molar-refractivity contribution in [1.29, 1.82) is 0 Å². The highest BCUT2D eigenvalue weighted by atomic mass is 16.6. The molecule has 0 radical (unpaired) electrons. The highest BCUT2D eigenvalue weighted by Crippen LogP contribution is 2.26. The Hall–Kier alpha value is -2.94. The molecule has 0 fully saturated rings. The van der Waals surface area contributed by atoms with Crippen molar-refractivity contribution in [3.63, 3.8) is 0 Å². The lowest BCUT2D eigenvalue weighted by Crippen LogP contribution is -2.50. The zero-order chi connectivity index (χ0) is 22.4. The van der Waals surface area contributed by atoms with Crippen molar-refractivity contribution in [2.45, 2.75) is 58.2 Å². The van der Waals surface area contributed by atoms with Crippen LogP contribution >= 0.6 is 0 Å². The van der Waals surface area contributed by atoms with E-state index in [-0.39, 0.29) is 18.5 Å². The molecule has 1 atom stereocenters. The summed E-state index contributed by atoms with van der Waals surface area (Å²) in [5.74, 6) is -4.26. The first-order chi connectivity index (χ1) is 13.3. The summed E-state index contributed by atoms with van der Waals surface area (Å²) < 4.78 is 5.36. The molecule has 2 rings (SSSR count). The molecular formula is C20H28N2O7. The normalized spacial score (nSPS) is 14.1. The Morgan fingerprint density at radius 3 is 1.90 bits per heavy atom. The molecule has 0 heterocycles. The third-order valence-electron chi connectivity index (χ3n) is 4.05. The van der Waals surface area contributed by atoms with Gasteiger partial charge in [0.15, 0.2) is 0 Å². The molecule has 0 spiro atoms. The standard InChI is InChI=1S/C18H26N2O3.C2H2O4/c1-12(19)17(22)20(11-16(21)23-18(2,3)4)15-9-13-7-5-6-8-14(13)10-15;3-1(4)2(5)6/h5-8,12,15H,9-11,19H2,1-4H3;(H,3,4)(H,5,6)/t12-;/m0./s1. The fraction of sp³-hybridized carbons (Fsp3) is 0.500. The zero-order valence-corrected chi connectivity index (χ0v) is 17.0. The van der Waals surface area contributed by atoms with E-state index in [1.165, 1.54) is 11.1 Å². The third kappa shape index (κ3) is 7.90. The SMILES string of the molecule is C[C@H](N)C(=O)N(CC(=O)OC(C)(C)C)C1Cc2ccccc2C1.O=C(O)C(=O)O. The summed E-state index contributed by atoms with van der Waals surface area (Å²) in [6, 6.07) is 7.44. The number of nitrogens with two attached hydrogens (primary N) is 1. The van der Waals surface area contributed by atoms with Crippen molar-refractivity contribution < 1.29 is 34.1 Å². The molecule has 0 unspecified atom stereocenters. The number of amides is 1. The van der Waals surface area contributed by atoms with Crippen LogP contribution in [0.2, 0.25) is 0 Å². The van der Waals surface area contributed by atoms with Crippen LogP contribution in [0.1, 0.15) is 38.8 Å². The van der Waals surface area contributed by atoms with Crippen LogP contribution in [0, 0.1) is 0 Å². The highest BCUT2D eigenvalue weighted by Gasteiger charge is 2.33. The largest absolute Gasteiger partial charge is 0.473 e. The van der Waals surface area contributed by atoms with Gasteiger partial charge in [-0.15, -0.1) is 0 Å².